The molecule has 0 bridgehead atoms. The number of thioether (sulfide) groups is 1. The zero-order valence-corrected chi connectivity index (χ0v) is 8.96. The summed E-state index contributed by atoms with van der Waals surface area (Å²) in [7, 11) is 0. The van der Waals surface area contributed by atoms with Crippen molar-refractivity contribution in [3.05, 3.63) is 24.4 Å². The molecule has 0 aromatic carbocycles. The summed E-state index contributed by atoms with van der Waals surface area (Å²) in [5.41, 5.74) is 0. The van der Waals surface area contributed by atoms with Gasteiger partial charge in [-0.05, 0) is 24.3 Å². The number of nitrogens with zero attached hydrogens (tertiary/aromatic N) is 1. The third-order valence-electron chi connectivity index (χ3n) is 1.66. The second-order valence-corrected chi connectivity index (χ2v) is 4.06. The lowest BCUT2D eigenvalue weighted by molar-refractivity contribution is 0.296. The van der Waals surface area contributed by atoms with E-state index in [0.29, 0.717) is 6.61 Å². The highest BCUT2D eigenvalue weighted by molar-refractivity contribution is 7.99. The Hall–Kier alpha value is -0.740. The maximum atomic E-state index is 8.56. The molecule has 2 N–H and O–H groups in total. The number of hydrogen-bond acceptors (Lipinski definition) is 4. The number of pyridine rings is 1. The predicted molar refractivity (Wildman–Crippen MR) is 61.8 cm³/mol. The standard InChI is InChI=1S/C10H16N2OS/c13-7-3-8-14-9-6-12-10-4-1-2-5-11-10/h1-2,4-5,13H,3,6-9H2,(H,11,12). The molecule has 0 aliphatic carbocycles. The van der Waals surface area contributed by atoms with E-state index in [9.17, 15) is 0 Å². The fourth-order valence-electron chi connectivity index (χ4n) is 0.987. The normalized spacial score (nSPS) is 10.1. The monoisotopic (exact) mass is 212 g/mol. The van der Waals surface area contributed by atoms with E-state index >= 15 is 0 Å². The molecule has 0 aliphatic heterocycles. The maximum absolute atomic E-state index is 8.56. The van der Waals surface area contributed by atoms with Crippen molar-refractivity contribution in [2.45, 2.75) is 6.42 Å². The van der Waals surface area contributed by atoms with E-state index in [1.807, 2.05) is 30.0 Å². The predicted octanol–water partition coefficient (Wildman–Crippen LogP) is 1.61. The fourth-order valence-corrected chi connectivity index (χ4v) is 1.77. The number of aromatic nitrogens is 1. The molecule has 14 heavy (non-hydrogen) atoms. The number of rotatable bonds is 7. The van der Waals surface area contributed by atoms with E-state index in [-0.39, 0.29) is 0 Å². The molecule has 0 spiro atoms. The Kier molecular flexibility index (Phi) is 6.19. The lowest BCUT2D eigenvalue weighted by atomic mass is 10.4. The van der Waals surface area contributed by atoms with Crippen molar-refractivity contribution >= 4 is 17.6 Å². The van der Waals surface area contributed by atoms with Gasteiger partial charge in [-0.1, -0.05) is 6.07 Å². The van der Waals surface area contributed by atoms with Gasteiger partial charge in [-0.15, -0.1) is 0 Å². The van der Waals surface area contributed by atoms with Gasteiger partial charge in [-0.25, -0.2) is 4.98 Å². The summed E-state index contributed by atoms with van der Waals surface area (Å²) in [5, 5.41) is 11.8. The largest absolute Gasteiger partial charge is 0.396 e. The van der Waals surface area contributed by atoms with Gasteiger partial charge in [-0.2, -0.15) is 11.8 Å². The molecule has 1 heterocycles. The lowest BCUT2D eigenvalue weighted by Crippen LogP contribution is -2.05. The quantitative estimate of drug-likeness (QED) is 0.674. The first kappa shape index (κ1) is 11.3. The molecule has 0 amide bonds. The molecule has 0 saturated carbocycles. The van der Waals surface area contributed by atoms with E-state index in [1.54, 1.807) is 6.20 Å². The Morgan fingerprint density at radius 2 is 2.29 bits per heavy atom. The maximum Gasteiger partial charge on any atom is 0.125 e. The van der Waals surface area contributed by atoms with Crippen molar-refractivity contribution in [2.75, 3.05) is 30.0 Å². The number of hydrogen-bond donors (Lipinski definition) is 2. The van der Waals surface area contributed by atoms with Crippen LogP contribution in [0.4, 0.5) is 5.82 Å². The minimum absolute atomic E-state index is 0.292. The van der Waals surface area contributed by atoms with Gasteiger partial charge >= 0.3 is 0 Å². The van der Waals surface area contributed by atoms with Crippen LogP contribution in [0.5, 0.6) is 0 Å². The van der Waals surface area contributed by atoms with Crippen molar-refractivity contribution < 1.29 is 5.11 Å². The molecule has 0 fully saturated rings. The Labute approximate surface area is 88.9 Å². The summed E-state index contributed by atoms with van der Waals surface area (Å²) in [6.45, 7) is 1.22. The van der Waals surface area contributed by atoms with Gasteiger partial charge in [0, 0.05) is 25.1 Å². The second-order valence-electron chi connectivity index (χ2n) is 2.83. The number of nitrogens with one attached hydrogen (secondary N) is 1. The molecule has 0 radical (unpaired) electrons. The van der Waals surface area contributed by atoms with E-state index in [1.165, 1.54) is 0 Å². The number of aliphatic hydroxyl groups is 1. The van der Waals surface area contributed by atoms with Crippen LogP contribution in [0.3, 0.4) is 0 Å². The molecule has 0 aliphatic rings. The Balaban J connectivity index is 1.99. The molecule has 0 atom stereocenters. The summed E-state index contributed by atoms with van der Waals surface area (Å²) < 4.78 is 0. The molecule has 4 heteroatoms. The summed E-state index contributed by atoms with van der Waals surface area (Å²) in [6.07, 6.45) is 2.66. The lowest BCUT2D eigenvalue weighted by Gasteiger charge is -2.04. The van der Waals surface area contributed by atoms with Gasteiger partial charge in [0.1, 0.15) is 5.82 Å². The van der Waals surface area contributed by atoms with Crippen LogP contribution in [0.1, 0.15) is 6.42 Å². The summed E-state index contributed by atoms with van der Waals surface area (Å²) in [6, 6.07) is 5.83. The van der Waals surface area contributed by atoms with Gasteiger partial charge in [0.05, 0.1) is 0 Å². The summed E-state index contributed by atoms with van der Waals surface area (Å²) in [5.74, 6) is 3.01. The average Bonchev–Trinajstić information content (AvgIpc) is 2.25. The minimum atomic E-state index is 0.292. The molecule has 3 nitrogen and oxygen atoms in total. The molecule has 0 saturated heterocycles. The third kappa shape index (κ3) is 5.09. The number of anilines is 1. The zero-order chi connectivity index (χ0) is 10.1. The highest BCUT2D eigenvalue weighted by Crippen LogP contribution is 2.03. The van der Waals surface area contributed by atoms with Crippen LogP contribution in [0.2, 0.25) is 0 Å². The SMILES string of the molecule is OCCCSCCNc1ccccn1. The van der Waals surface area contributed by atoms with Crippen LogP contribution in [0, 0.1) is 0 Å². The third-order valence-corrected chi connectivity index (χ3v) is 2.73. The van der Waals surface area contributed by atoms with Crippen LogP contribution in [0.25, 0.3) is 0 Å². The molecule has 78 valence electrons. The van der Waals surface area contributed by atoms with E-state index in [4.69, 9.17) is 5.11 Å². The molecular formula is C10H16N2OS. The highest BCUT2D eigenvalue weighted by Gasteiger charge is 1.91. The van der Waals surface area contributed by atoms with E-state index in [0.717, 1.165) is 30.3 Å². The van der Waals surface area contributed by atoms with Gasteiger partial charge < -0.3 is 10.4 Å². The van der Waals surface area contributed by atoms with Crippen LogP contribution in [-0.4, -0.2) is 34.7 Å². The van der Waals surface area contributed by atoms with Crippen molar-refractivity contribution in [3.8, 4) is 0 Å². The van der Waals surface area contributed by atoms with Crippen molar-refractivity contribution in [3.63, 3.8) is 0 Å². The first-order chi connectivity index (χ1) is 6.93. The van der Waals surface area contributed by atoms with Crippen molar-refractivity contribution in [2.24, 2.45) is 0 Å². The van der Waals surface area contributed by atoms with Crippen LogP contribution < -0.4 is 5.32 Å². The molecular weight excluding hydrogens is 196 g/mol. The van der Waals surface area contributed by atoms with E-state index < -0.39 is 0 Å². The zero-order valence-electron chi connectivity index (χ0n) is 8.15. The van der Waals surface area contributed by atoms with Crippen LogP contribution in [0.15, 0.2) is 24.4 Å². The highest BCUT2D eigenvalue weighted by atomic mass is 32.2. The first-order valence-electron chi connectivity index (χ1n) is 4.77. The Morgan fingerprint density at radius 1 is 1.36 bits per heavy atom. The van der Waals surface area contributed by atoms with Crippen LogP contribution in [-0.2, 0) is 0 Å². The van der Waals surface area contributed by atoms with Gasteiger partial charge in [0.2, 0.25) is 0 Å². The summed E-state index contributed by atoms with van der Waals surface area (Å²) >= 11 is 1.85. The van der Waals surface area contributed by atoms with Gasteiger partial charge in [-0.3, -0.25) is 0 Å². The Morgan fingerprint density at radius 3 is 3.00 bits per heavy atom. The average molecular weight is 212 g/mol. The molecule has 1 aromatic rings. The van der Waals surface area contributed by atoms with Crippen LogP contribution >= 0.6 is 11.8 Å². The first-order valence-corrected chi connectivity index (χ1v) is 5.92. The fraction of sp³-hybridized carbons (Fsp3) is 0.500. The summed E-state index contributed by atoms with van der Waals surface area (Å²) in [4.78, 5) is 4.15. The molecule has 1 aromatic heterocycles. The Bertz CT molecular complexity index is 231. The molecule has 0 unspecified atom stereocenters. The smallest absolute Gasteiger partial charge is 0.125 e. The van der Waals surface area contributed by atoms with E-state index in [2.05, 4.69) is 10.3 Å². The topological polar surface area (TPSA) is 45.1 Å². The van der Waals surface area contributed by atoms with Crippen molar-refractivity contribution in [1.29, 1.82) is 0 Å². The van der Waals surface area contributed by atoms with Gasteiger partial charge in [0.25, 0.3) is 0 Å². The van der Waals surface area contributed by atoms with Crippen molar-refractivity contribution in [1.82, 2.24) is 4.98 Å². The molecule has 1 rings (SSSR count). The minimum Gasteiger partial charge on any atom is -0.396 e. The second kappa shape index (κ2) is 7.64. The van der Waals surface area contributed by atoms with Gasteiger partial charge in [0.15, 0.2) is 0 Å². The number of aliphatic hydroxyl groups excluding tert-OH is 1.